The summed E-state index contributed by atoms with van der Waals surface area (Å²) in [6.07, 6.45) is 4.80. The Hall–Kier alpha value is -10.9. The molecule has 2 heterocycles. The fourth-order valence-corrected chi connectivity index (χ4v) is 12.4. The average molecular weight is 1080 g/mol. The lowest BCUT2D eigenvalue weighted by atomic mass is 9.90. The van der Waals surface area contributed by atoms with Gasteiger partial charge in [0.15, 0.2) is 0 Å². The van der Waals surface area contributed by atoms with Gasteiger partial charge < -0.3 is 4.57 Å². The maximum Gasteiger partial charge on any atom is 0.268 e. The van der Waals surface area contributed by atoms with E-state index in [-0.39, 0.29) is 11.8 Å². The predicted octanol–water partition coefficient (Wildman–Crippen LogP) is 20.4. The summed E-state index contributed by atoms with van der Waals surface area (Å²) in [7, 11) is 0. The topological polar surface area (TPSA) is 42.3 Å². The largest absolute Gasteiger partial charge is 0.311 e. The van der Waals surface area contributed by atoms with Crippen LogP contribution in [0.1, 0.15) is 44.5 Å². The van der Waals surface area contributed by atoms with E-state index in [1.54, 1.807) is 0 Å². The van der Waals surface area contributed by atoms with Gasteiger partial charge in [0.05, 0.1) is 28.0 Å². The molecule has 0 saturated heterocycles. The summed E-state index contributed by atoms with van der Waals surface area (Å²) in [4.78, 5) is 33.9. The van der Waals surface area contributed by atoms with Gasteiger partial charge in [0.25, 0.3) is 11.8 Å². The standard InChI is InChI=1S/C80H56N2O2/c1-2-26-69-70-42-24-41-68(67-50-64(57-31-14-5-15-32-57)49-65(51-67)58-33-16-6-17-34-58)77(70)81(75(69)47-54-45-62(55-27-10-3-11-28-55)48-63(46-54)56-29-12-4-13-30-56)74-44-25-43-71-76(74)80(84)82(79(71)83)78-72(60-37-20-8-21-38-60)52-66(59-35-18-7-19-36-59)53-73(78)61-39-22-9-23-40-61/h2-46,48-53H,47H2,1H3/b26-2-. The second-order valence-corrected chi connectivity index (χ2v) is 21.4. The Labute approximate surface area is 490 Å². The van der Waals surface area contributed by atoms with Gasteiger partial charge >= 0.3 is 0 Å². The minimum atomic E-state index is -0.389. The van der Waals surface area contributed by atoms with Crippen molar-refractivity contribution in [2.24, 2.45) is 0 Å². The molecule has 12 aromatic carbocycles. The summed E-state index contributed by atoms with van der Waals surface area (Å²) in [5.41, 5.74) is 22.1. The molecule has 4 nitrogen and oxygen atoms in total. The first kappa shape index (κ1) is 51.2. The Morgan fingerprint density at radius 3 is 1.15 bits per heavy atom. The van der Waals surface area contributed by atoms with E-state index >= 15 is 9.59 Å². The molecule has 2 amide bonds. The van der Waals surface area contributed by atoms with Gasteiger partial charge in [0, 0.05) is 39.8 Å². The van der Waals surface area contributed by atoms with Crippen LogP contribution in [0.15, 0.2) is 303 Å². The summed E-state index contributed by atoms with van der Waals surface area (Å²) in [6, 6.07) is 103. The lowest BCUT2D eigenvalue weighted by Crippen LogP contribution is -2.30. The molecule has 4 heteroatoms. The number of imide groups is 1. The summed E-state index contributed by atoms with van der Waals surface area (Å²) in [5.74, 6) is -0.767. The van der Waals surface area contributed by atoms with Crippen LogP contribution in [0.5, 0.6) is 0 Å². The van der Waals surface area contributed by atoms with Crippen molar-refractivity contribution >= 4 is 34.5 Å². The van der Waals surface area contributed by atoms with E-state index in [1.807, 2.05) is 72.8 Å². The van der Waals surface area contributed by atoms with Gasteiger partial charge in [-0.1, -0.05) is 261 Å². The number of allylic oxidation sites excluding steroid dienone is 1. The molecule has 14 rings (SSSR count). The van der Waals surface area contributed by atoms with Gasteiger partial charge in [0.1, 0.15) is 0 Å². The number of aromatic nitrogens is 1. The molecule has 13 aromatic rings. The highest BCUT2D eigenvalue weighted by atomic mass is 16.2. The molecule has 0 unspecified atom stereocenters. The van der Waals surface area contributed by atoms with Crippen LogP contribution >= 0.6 is 0 Å². The van der Waals surface area contributed by atoms with Crippen molar-refractivity contribution in [3.8, 4) is 94.7 Å². The van der Waals surface area contributed by atoms with E-state index in [4.69, 9.17) is 0 Å². The summed E-state index contributed by atoms with van der Waals surface area (Å²) in [6.45, 7) is 2.06. The maximum atomic E-state index is 16.5. The van der Waals surface area contributed by atoms with Gasteiger partial charge in [-0.05, 0) is 133 Å². The molecule has 0 saturated carbocycles. The summed E-state index contributed by atoms with van der Waals surface area (Å²) in [5, 5.41) is 1.02. The minimum absolute atomic E-state index is 0.343. The highest BCUT2D eigenvalue weighted by Gasteiger charge is 2.42. The van der Waals surface area contributed by atoms with E-state index in [9.17, 15) is 0 Å². The monoisotopic (exact) mass is 1080 g/mol. The summed E-state index contributed by atoms with van der Waals surface area (Å²) < 4.78 is 2.32. The molecule has 0 radical (unpaired) electrons. The van der Waals surface area contributed by atoms with Crippen molar-refractivity contribution in [2.45, 2.75) is 13.3 Å². The number of hydrogen-bond acceptors (Lipinski definition) is 2. The number of para-hydroxylation sites is 1. The average Bonchev–Trinajstić information content (AvgIpc) is 2.39. The van der Waals surface area contributed by atoms with Gasteiger partial charge in [-0.25, -0.2) is 4.90 Å². The van der Waals surface area contributed by atoms with Crippen molar-refractivity contribution in [2.75, 3.05) is 4.90 Å². The van der Waals surface area contributed by atoms with Crippen LogP contribution in [0.4, 0.5) is 5.69 Å². The molecule has 0 fully saturated rings. The van der Waals surface area contributed by atoms with Crippen LogP contribution in [0, 0.1) is 0 Å². The number of nitrogens with zero attached hydrogens (tertiary/aromatic N) is 2. The van der Waals surface area contributed by atoms with E-state index in [0.717, 1.165) is 117 Å². The molecule has 0 atom stereocenters. The molecule has 0 N–H and O–H groups in total. The van der Waals surface area contributed by atoms with Crippen LogP contribution < -0.4 is 4.90 Å². The number of carbonyl (C=O) groups is 2. The van der Waals surface area contributed by atoms with Crippen LogP contribution in [-0.4, -0.2) is 16.4 Å². The third kappa shape index (κ3) is 9.46. The second-order valence-electron chi connectivity index (χ2n) is 21.4. The zero-order chi connectivity index (χ0) is 56.5. The third-order valence-electron chi connectivity index (χ3n) is 16.2. The zero-order valence-electron chi connectivity index (χ0n) is 46.4. The number of hydrogen-bond donors (Lipinski definition) is 0. The SMILES string of the molecule is C/C=C\c1c(Cc2cc(-c3ccccc3)cc(-c3ccccc3)c2)n(-c2cccc3c2C(=O)N(c2c(-c4ccccc4)cc(-c4ccccc4)cc2-c2ccccc2)C3=O)c2c(-c3cc(-c4ccccc4)cc(-c4ccccc4)c3)cccc12. The van der Waals surface area contributed by atoms with Crippen LogP contribution in [-0.2, 0) is 6.42 Å². The Balaban J connectivity index is 1.05. The molecule has 1 aliphatic rings. The molecule has 0 bridgehead atoms. The number of rotatable bonds is 13. The Bertz CT molecular complexity index is 4450. The molecule has 84 heavy (non-hydrogen) atoms. The molecule has 0 spiro atoms. The quantitative estimate of drug-likeness (QED) is 0.108. The molecule has 1 aliphatic heterocycles. The van der Waals surface area contributed by atoms with Gasteiger partial charge in [-0.3, -0.25) is 9.59 Å². The first-order valence-electron chi connectivity index (χ1n) is 28.6. The van der Waals surface area contributed by atoms with E-state index in [2.05, 4.69) is 248 Å². The van der Waals surface area contributed by atoms with E-state index < -0.39 is 0 Å². The highest BCUT2D eigenvalue weighted by Crippen LogP contribution is 2.48. The minimum Gasteiger partial charge on any atom is -0.311 e. The lowest BCUT2D eigenvalue weighted by molar-refractivity contribution is 0.0926. The van der Waals surface area contributed by atoms with Crippen LogP contribution in [0.3, 0.4) is 0 Å². The first-order chi connectivity index (χ1) is 41.5. The Kier molecular flexibility index (Phi) is 13.5. The van der Waals surface area contributed by atoms with Crippen molar-refractivity contribution in [3.63, 3.8) is 0 Å². The fraction of sp³-hybridized carbons (Fsp3) is 0.0250. The van der Waals surface area contributed by atoms with Crippen molar-refractivity contribution in [1.82, 2.24) is 4.57 Å². The number of fused-ring (bicyclic) bond motifs is 2. The van der Waals surface area contributed by atoms with Crippen molar-refractivity contribution in [3.05, 3.63) is 331 Å². The zero-order valence-corrected chi connectivity index (χ0v) is 46.4. The molecular formula is C80H56N2O2. The van der Waals surface area contributed by atoms with Crippen molar-refractivity contribution < 1.29 is 9.59 Å². The molecule has 0 aliphatic carbocycles. The fourth-order valence-electron chi connectivity index (χ4n) is 12.4. The number of benzene rings is 12. The van der Waals surface area contributed by atoms with Crippen LogP contribution in [0.25, 0.3) is 112 Å². The smallest absolute Gasteiger partial charge is 0.268 e. The van der Waals surface area contributed by atoms with Crippen molar-refractivity contribution in [1.29, 1.82) is 0 Å². The van der Waals surface area contributed by atoms with Gasteiger partial charge in [-0.2, -0.15) is 0 Å². The second kappa shape index (κ2) is 22.2. The maximum absolute atomic E-state index is 16.5. The normalized spacial score (nSPS) is 12.1. The van der Waals surface area contributed by atoms with Crippen LogP contribution in [0.2, 0.25) is 0 Å². The molecule has 1 aromatic heterocycles. The highest BCUT2D eigenvalue weighted by molar-refractivity contribution is 6.37. The van der Waals surface area contributed by atoms with E-state index in [0.29, 0.717) is 28.9 Å². The number of amides is 2. The third-order valence-corrected chi connectivity index (χ3v) is 16.2. The number of carbonyl (C=O) groups excluding carboxylic acids is 2. The first-order valence-corrected chi connectivity index (χ1v) is 28.6. The summed E-state index contributed by atoms with van der Waals surface area (Å²) >= 11 is 0. The predicted molar refractivity (Wildman–Crippen MR) is 348 cm³/mol. The lowest BCUT2D eigenvalue weighted by Gasteiger charge is -2.24. The van der Waals surface area contributed by atoms with Gasteiger partial charge in [0.2, 0.25) is 0 Å². The number of anilines is 1. The molecular weight excluding hydrogens is 1020 g/mol. The Morgan fingerprint density at radius 1 is 0.333 bits per heavy atom. The van der Waals surface area contributed by atoms with E-state index in [1.165, 1.54) is 4.90 Å². The molecule has 398 valence electrons. The Morgan fingerprint density at radius 2 is 0.714 bits per heavy atom. The van der Waals surface area contributed by atoms with Gasteiger partial charge in [-0.15, -0.1) is 0 Å².